The predicted molar refractivity (Wildman–Crippen MR) is 123 cm³/mol. The zero-order valence-corrected chi connectivity index (χ0v) is 18.3. The first kappa shape index (κ1) is 22.0. The van der Waals surface area contributed by atoms with E-state index in [1.807, 2.05) is 12.1 Å². The summed E-state index contributed by atoms with van der Waals surface area (Å²) in [6.07, 6.45) is 4.26. The minimum Gasteiger partial charge on any atom is -0.408 e. The van der Waals surface area contributed by atoms with E-state index in [2.05, 4.69) is 25.1 Å². The number of fused-ring (bicyclic) bond motifs is 2. The van der Waals surface area contributed by atoms with E-state index in [0.717, 1.165) is 47.5 Å². The fourth-order valence-electron chi connectivity index (χ4n) is 4.24. The molecule has 0 amide bonds. The van der Waals surface area contributed by atoms with Gasteiger partial charge in [-0.05, 0) is 29.7 Å². The van der Waals surface area contributed by atoms with Crippen LogP contribution in [0.15, 0.2) is 58.1 Å². The average Bonchev–Trinajstić information content (AvgIpc) is 2.83. The van der Waals surface area contributed by atoms with Crippen molar-refractivity contribution in [3.8, 4) is 0 Å². The Labute approximate surface area is 193 Å². The highest BCUT2D eigenvalue weighted by atomic mass is 19.1. The van der Waals surface area contributed by atoms with Crippen molar-refractivity contribution in [1.82, 2.24) is 14.9 Å². The number of aromatic nitrogens is 3. The number of piperazine rings is 1. The Hall–Kier alpha value is -3.83. The molecule has 11 heteroatoms. The molecule has 1 aromatic carbocycles. The highest BCUT2D eigenvalue weighted by Gasteiger charge is 2.22. The molecule has 0 radical (unpaired) electrons. The van der Waals surface area contributed by atoms with Crippen LogP contribution in [0.1, 0.15) is 0 Å². The van der Waals surface area contributed by atoms with Gasteiger partial charge in [-0.3, -0.25) is 10.1 Å². The van der Waals surface area contributed by atoms with E-state index in [4.69, 9.17) is 4.42 Å². The van der Waals surface area contributed by atoms with Crippen LogP contribution >= 0.6 is 0 Å². The van der Waals surface area contributed by atoms with Crippen molar-refractivity contribution < 1.29 is 23.9 Å². The first-order valence-corrected chi connectivity index (χ1v) is 11.0. The fourth-order valence-corrected chi connectivity index (χ4v) is 4.24. The summed E-state index contributed by atoms with van der Waals surface area (Å²) in [7, 11) is 0. The highest BCUT2D eigenvalue weighted by Crippen LogP contribution is 2.24. The second-order valence-corrected chi connectivity index (χ2v) is 8.25. The minimum atomic E-state index is -0.791. The Balaban J connectivity index is 1.19. The molecule has 5 rings (SSSR count). The summed E-state index contributed by atoms with van der Waals surface area (Å²) in [6, 6.07) is 7.56. The number of aliphatic hydroxyl groups excluding tert-OH is 1. The van der Waals surface area contributed by atoms with Gasteiger partial charge in [0.25, 0.3) is 0 Å². The maximum atomic E-state index is 13.6. The number of β-amino-alcohol motifs (C(OH)–C–C–N with tert-alkyl or cyclic N) is 1. The summed E-state index contributed by atoms with van der Waals surface area (Å²) >= 11 is 0. The molecular formula is C23H24FN6O4+. The van der Waals surface area contributed by atoms with Crippen molar-refractivity contribution in [2.45, 2.75) is 6.10 Å². The third-order valence-electron chi connectivity index (χ3n) is 5.91. The molecule has 1 saturated heterocycles. The summed E-state index contributed by atoms with van der Waals surface area (Å²) in [5, 5.41) is 25.5. The molecule has 0 saturated carbocycles. The summed E-state index contributed by atoms with van der Waals surface area (Å²) in [5.41, 5.74) is 0.225. The molecular weight excluding hydrogens is 443 g/mol. The maximum Gasteiger partial charge on any atom is 0.441 e. The Kier molecular flexibility index (Phi) is 5.95. The normalized spacial score (nSPS) is 15.6. The lowest BCUT2D eigenvalue weighted by Gasteiger charge is -2.36. The number of nitrogens with one attached hydrogen (secondary N) is 1. The van der Waals surface area contributed by atoms with Gasteiger partial charge in [-0.25, -0.2) is 14.2 Å². The maximum absolute atomic E-state index is 13.6. The van der Waals surface area contributed by atoms with Crippen LogP contribution in [0.25, 0.3) is 21.7 Å². The van der Waals surface area contributed by atoms with Crippen LogP contribution in [-0.2, 0) is 0 Å². The Morgan fingerprint density at radius 2 is 2.00 bits per heavy atom. The van der Waals surface area contributed by atoms with Gasteiger partial charge in [-0.1, -0.05) is 0 Å². The number of halogens is 1. The molecule has 34 heavy (non-hydrogen) atoms. The molecule has 176 valence electrons. The molecule has 1 aliphatic heterocycles. The van der Waals surface area contributed by atoms with Crippen LogP contribution in [0, 0.1) is 5.82 Å². The summed E-state index contributed by atoms with van der Waals surface area (Å²) in [5.74, 6) is -0.270. The Morgan fingerprint density at radius 1 is 1.18 bits per heavy atom. The van der Waals surface area contributed by atoms with Crippen molar-refractivity contribution in [1.29, 1.82) is 0 Å². The molecule has 0 aliphatic carbocycles. The minimum absolute atomic E-state index is 0.143. The molecule has 1 fully saturated rings. The largest absolute Gasteiger partial charge is 0.441 e. The van der Waals surface area contributed by atoms with Gasteiger partial charge in [0.15, 0.2) is 0 Å². The lowest BCUT2D eigenvalue weighted by atomic mass is 10.2. The van der Waals surface area contributed by atoms with Gasteiger partial charge in [0.2, 0.25) is 12.4 Å². The van der Waals surface area contributed by atoms with Gasteiger partial charge in [0, 0.05) is 56.3 Å². The van der Waals surface area contributed by atoms with E-state index in [1.165, 1.54) is 18.2 Å². The van der Waals surface area contributed by atoms with Crippen molar-refractivity contribution in [2.24, 2.45) is 0 Å². The van der Waals surface area contributed by atoms with E-state index in [1.54, 1.807) is 18.6 Å². The van der Waals surface area contributed by atoms with Crippen molar-refractivity contribution in [3.63, 3.8) is 0 Å². The molecule has 1 aliphatic rings. The molecule has 1 atom stereocenters. The van der Waals surface area contributed by atoms with Crippen molar-refractivity contribution in [2.75, 3.05) is 49.5 Å². The van der Waals surface area contributed by atoms with Gasteiger partial charge in [0.1, 0.15) is 23.0 Å². The van der Waals surface area contributed by atoms with Gasteiger partial charge in [-0.15, -0.1) is 0 Å². The number of hydrogen-bond acceptors (Lipinski definition) is 9. The van der Waals surface area contributed by atoms with Crippen molar-refractivity contribution in [3.05, 3.63) is 65.3 Å². The average molecular weight is 467 g/mol. The Bertz CT molecular complexity index is 1390. The topological polar surface area (TPSA) is 119 Å². The smallest absolute Gasteiger partial charge is 0.408 e. The van der Waals surface area contributed by atoms with Gasteiger partial charge < -0.3 is 19.7 Å². The molecule has 4 aromatic rings. The standard InChI is InChI=1S/C23H23FN6O4/c24-16-1-2-20-18(11-16)21(27-23(32)34-20)26-12-17(31)13-28-7-9-29(10-8-28)22-19-14-30(33)6-4-15(19)3-5-25-22/h1-6,11,14,17,31H,7-10,12-13H2,(H-,26,27,32,33)/p+1. The molecule has 3 N–H and O–H groups in total. The first-order valence-electron chi connectivity index (χ1n) is 11.0. The molecule has 0 bridgehead atoms. The summed E-state index contributed by atoms with van der Waals surface area (Å²) in [4.78, 5) is 24.3. The van der Waals surface area contributed by atoms with E-state index in [-0.39, 0.29) is 17.9 Å². The number of hydrogen-bond donors (Lipinski definition) is 3. The summed E-state index contributed by atoms with van der Waals surface area (Å²) < 4.78 is 19.7. The summed E-state index contributed by atoms with van der Waals surface area (Å²) in [6.45, 7) is 3.46. The number of rotatable bonds is 6. The zero-order valence-electron chi connectivity index (χ0n) is 18.3. The van der Waals surface area contributed by atoms with Gasteiger partial charge in [0.05, 0.1) is 16.9 Å². The van der Waals surface area contributed by atoms with E-state index in [9.17, 15) is 19.5 Å². The highest BCUT2D eigenvalue weighted by molar-refractivity contribution is 5.90. The SMILES string of the molecule is O=c1nc(NCC(O)CN2CCN(c3nccc4cc[n+](O)cc34)CC2)c2cc(F)ccc2o1. The van der Waals surface area contributed by atoms with Gasteiger partial charge in [-0.2, -0.15) is 4.98 Å². The van der Waals surface area contributed by atoms with Crippen LogP contribution in [0.3, 0.4) is 0 Å². The number of benzene rings is 1. The quantitative estimate of drug-likeness (QED) is 0.282. The Morgan fingerprint density at radius 3 is 2.82 bits per heavy atom. The van der Waals surface area contributed by atoms with E-state index < -0.39 is 17.7 Å². The third kappa shape index (κ3) is 4.61. The van der Waals surface area contributed by atoms with Gasteiger partial charge >= 0.3 is 5.76 Å². The lowest BCUT2D eigenvalue weighted by Crippen LogP contribution is -2.49. The number of anilines is 2. The second-order valence-electron chi connectivity index (χ2n) is 8.25. The first-order chi connectivity index (χ1) is 16.5. The zero-order chi connectivity index (χ0) is 23.7. The number of pyridine rings is 2. The molecule has 10 nitrogen and oxygen atoms in total. The number of aliphatic hydroxyl groups is 1. The van der Waals surface area contributed by atoms with Crippen LogP contribution in [0.4, 0.5) is 16.0 Å². The molecule has 1 unspecified atom stereocenters. The fraction of sp³-hybridized carbons (Fsp3) is 0.304. The lowest BCUT2D eigenvalue weighted by molar-refractivity contribution is -0.903. The van der Waals surface area contributed by atoms with Crippen LogP contribution in [0.2, 0.25) is 0 Å². The molecule has 3 aromatic heterocycles. The van der Waals surface area contributed by atoms with Crippen LogP contribution < -0.4 is 20.7 Å². The van der Waals surface area contributed by atoms with E-state index in [0.29, 0.717) is 11.9 Å². The number of nitrogens with zero attached hydrogens (tertiary/aromatic N) is 5. The second kappa shape index (κ2) is 9.20. The molecule has 0 spiro atoms. The van der Waals surface area contributed by atoms with Crippen LogP contribution in [0.5, 0.6) is 0 Å². The van der Waals surface area contributed by atoms with Crippen LogP contribution in [-0.4, -0.2) is 70.6 Å². The monoisotopic (exact) mass is 467 g/mol. The predicted octanol–water partition coefficient (Wildman–Crippen LogP) is 0.995. The van der Waals surface area contributed by atoms with E-state index >= 15 is 0 Å². The van der Waals surface area contributed by atoms with Crippen molar-refractivity contribution >= 4 is 33.4 Å². The molecule has 4 heterocycles. The third-order valence-corrected chi connectivity index (χ3v) is 5.91.